The van der Waals surface area contributed by atoms with Gasteiger partial charge in [0.05, 0.1) is 22.8 Å². The van der Waals surface area contributed by atoms with Crippen LogP contribution in [0.15, 0.2) is 91.0 Å². The van der Waals surface area contributed by atoms with E-state index in [0.29, 0.717) is 12.0 Å². The molecule has 0 spiro atoms. The number of aldehydes is 1. The fraction of sp³-hybridized carbons (Fsp3) is 0.0800. The summed E-state index contributed by atoms with van der Waals surface area (Å²) in [5.41, 5.74) is 3.90. The third-order valence-electron chi connectivity index (χ3n) is 4.81. The third kappa shape index (κ3) is 4.22. The lowest BCUT2D eigenvalue weighted by Crippen LogP contribution is -2.37. The molecule has 4 aromatic rings. The molecule has 0 saturated carbocycles. The Morgan fingerprint density at radius 3 is 2.28 bits per heavy atom. The van der Waals surface area contributed by atoms with Crippen molar-refractivity contribution < 1.29 is 9.59 Å². The van der Waals surface area contributed by atoms with Gasteiger partial charge in [-0.2, -0.15) is 0 Å². The molecule has 0 aliphatic rings. The molecule has 1 N–H and O–H groups in total. The maximum atomic E-state index is 13.1. The summed E-state index contributed by atoms with van der Waals surface area (Å²) in [5, 5.41) is 3.63. The number of carbonyl (C=O) groups excluding carboxylic acids is 2. The Kier molecular flexibility index (Phi) is 5.43. The van der Waals surface area contributed by atoms with Gasteiger partial charge >= 0.3 is 0 Å². The summed E-state index contributed by atoms with van der Waals surface area (Å²) in [6.07, 6.45) is 1.23. The molecule has 0 unspecified atom stereocenters. The zero-order chi connectivity index (χ0) is 20.1. The molecule has 4 rings (SSSR count). The highest BCUT2D eigenvalue weighted by atomic mass is 16.2. The number of benzene rings is 3. The number of fused-ring (bicyclic) bond motifs is 1. The standard InChI is InChI=1S/C25H20N2O2/c28-17-20(15-18-9-3-1-4-10-18)26-25(29)22-16-24(19-11-5-2-6-12-19)27-23-14-8-7-13-21(22)23/h1-14,16-17,20H,15H2,(H,26,29)/t20-/m0/s1. The van der Waals surface area contributed by atoms with Crippen LogP contribution in [0.4, 0.5) is 0 Å². The number of nitrogens with zero attached hydrogens (tertiary/aromatic N) is 1. The fourth-order valence-corrected chi connectivity index (χ4v) is 3.37. The Hall–Kier alpha value is -3.79. The topological polar surface area (TPSA) is 59.1 Å². The Labute approximate surface area is 169 Å². The van der Waals surface area contributed by atoms with E-state index in [2.05, 4.69) is 5.32 Å². The highest BCUT2D eigenvalue weighted by molar-refractivity contribution is 6.07. The van der Waals surface area contributed by atoms with Crippen LogP contribution in [-0.2, 0) is 11.2 Å². The molecule has 1 amide bonds. The highest BCUT2D eigenvalue weighted by Crippen LogP contribution is 2.25. The van der Waals surface area contributed by atoms with Crippen LogP contribution < -0.4 is 5.32 Å². The van der Waals surface area contributed by atoms with Crippen molar-refractivity contribution in [2.75, 3.05) is 0 Å². The number of nitrogens with one attached hydrogen (secondary N) is 1. The molecule has 142 valence electrons. The lowest BCUT2D eigenvalue weighted by Gasteiger charge is -2.15. The Balaban J connectivity index is 1.68. The quantitative estimate of drug-likeness (QED) is 0.503. The van der Waals surface area contributed by atoms with Gasteiger partial charge in [0.15, 0.2) is 0 Å². The van der Waals surface area contributed by atoms with Crippen molar-refractivity contribution in [2.45, 2.75) is 12.5 Å². The number of hydrogen-bond donors (Lipinski definition) is 1. The zero-order valence-electron chi connectivity index (χ0n) is 15.8. The summed E-state index contributed by atoms with van der Waals surface area (Å²) < 4.78 is 0. The molecule has 0 bridgehead atoms. The Bertz CT molecular complexity index is 1140. The highest BCUT2D eigenvalue weighted by Gasteiger charge is 2.17. The smallest absolute Gasteiger partial charge is 0.252 e. The second-order valence-corrected chi connectivity index (χ2v) is 6.84. The molecule has 0 aliphatic carbocycles. The molecule has 1 heterocycles. The fourth-order valence-electron chi connectivity index (χ4n) is 3.37. The molecule has 0 aliphatic heterocycles. The molecule has 4 heteroatoms. The van der Waals surface area contributed by atoms with Crippen molar-refractivity contribution in [3.8, 4) is 11.3 Å². The van der Waals surface area contributed by atoms with E-state index in [1.165, 1.54) is 0 Å². The van der Waals surface area contributed by atoms with E-state index in [1.807, 2.05) is 84.9 Å². The van der Waals surface area contributed by atoms with Crippen molar-refractivity contribution in [1.82, 2.24) is 10.3 Å². The first-order valence-corrected chi connectivity index (χ1v) is 9.50. The van der Waals surface area contributed by atoms with Crippen molar-refractivity contribution in [3.05, 3.63) is 102 Å². The summed E-state index contributed by atoms with van der Waals surface area (Å²) in [5.74, 6) is -0.284. The normalized spacial score (nSPS) is 11.7. The maximum absolute atomic E-state index is 13.1. The summed E-state index contributed by atoms with van der Waals surface area (Å²) in [7, 11) is 0. The zero-order valence-corrected chi connectivity index (χ0v) is 15.8. The summed E-state index contributed by atoms with van der Waals surface area (Å²) in [6.45, 7) is 0. The number of aromatic nitrogens is 1. The number of rotatable bonds is 6. The summed E-state index contributed by atoms with van der Waals surface area (Å²) in [4.78, 5) is 29.4. The number of para-hydroxylation sites is 1. The molecular weight excluding hydrogens is 360 g/mol. The van der Waals surface area contributed by atoms with Gasteiger partial charge < -0.3 is 10.1 Å². The van der Waals surface area contributed by atoms with Gasteiger partial charge in [0.1, 0.15) is 6.29 Å². The lowest BCUT2D eigenvalue weighted by atomic mass is 10.0. The van der Waals surface area contributed by atoms with Crippen LogP contribution in [0.3, 0.4) is 0 Å². The van der Waals surface area contributed by atoms with Gasteiger partial charge in [-0.3, -0.25) is 4.79 Å². The third-order valence-corrected chi connectivity index (χ3v) is 4.81. The van der Waals surface area contributed by atoms with E-state index in [9.17, 15) is 9.59 Å². The van der Waals surface area contributed by atoms with E-state index < -0.39 is 6.04 Å². The first-order chi connectivity index (χ1) is 14.2. The minimum atomic E-state index is -0.600. The second-order valence-electron chi connectivity index (χ2n) is 6.84. The summed E-state index contributed by atoms with van der Waals surface area (Å²) >= 11 is 0. The van der Waals surface area contributed by atoms with Crippen LogP contribution in [0.1, 0.15) is 15.9 Å². The lowest BCUT2D eigenvalue weighted by molar-refractivity contribution is -0.109. The number of hydrogen-bond acceptors (Lipinski definition) is 3. The van der Waals surface area contributed by atoms with Crippen LogP contribution in [0, 0.1) is 0 Å². The molecule has 0 radical (unpaired) electrons. The number of amides is 1. The van der Waals surface area contributed by atoms with Gasteiger partial charge in [0, 0.05) is 10.9 Å². The number of carbonyl (C=O) groups is 2. The average Bonchev–Trinajstić information content (AvgIpc) is 2.79. The van der Waals surface area contributed by atoms with Crippen molar-refractivity contribution in [3.63, 3.8) is 0 Å². The van der Waals surface area contributed by atoms with E-state index in [-0.39, 0.29) is 5.91 Å². The molecule has 3 aromatic carbocycles. The van der Waals surface area contributed by atoms with Crippen LogP contribution in [0.5, 0.6) is 0 Å². The SMILES string of the molecule is O=C[C@H](Cc1ccccc1)NC(=O)c1cc(-c2ccccc2)nc2ccccc12. The van der Waals surface area contributed by atoms with Crippen molar-refractivity contribution in [2.24, 2.45) is 0 Å². The average molecular weight is 380 g/mol. The molecule has 0 fully saturated rings. The van der Waals surface area contributed by atoms with Crippen LogP contribution in [0.25, 0.3) is 22.2 Å². The van der Waals surface area contributed by atoms with Gasteiger partial charge in [0.25, 0.3) is 5.91 Å². The predicted molar refractivity (Wildman–Crippen MR) is 115 cm³/mol. The van der Waals surface area contributed by atoms with Gasteiger partial charge in [-0.15, -0.1) is 0 Å². The van der Waals surface area contributed by atoms with Crippen LogP contribution in [0.2, 0.25) is 0 Å². The molecule has 0 saturated heterocycles. The second kappa shape index (κ2) is 8.48. The number of pyridine rings is 1. The summed E-state index contributed by atoms with van der Waals surface area (Å²) in [6, 6.07) is 28.1. The largest absolute Gasteiger partial charge is 0.342 e. The monoisotopic (exact) mass is 380 g/mol. The van der Waals surface area contributed by atoms with Crippen LogP contribution in [-0.4, -0.2) is 23.2 Å². The van der Waals surface area contributed by atoms with E-state index >= 15 is 0 Å². The van der Waals surface area contributed by atoms with Crippen molar-refractivity contribution >= 4 is 23.1 Å². The predicted octanol–water partition coefficient (Wildman–Crippen LogP) is 4.44. The van der Waals surface area contributed by atoms with Gasteiger partial charge in [0.2, 0.25) is 0 Å². The maximum Gasteiger partial charge on any atom is 0.252 e. The molecular formula is C25H20N2O2. The Morgan fingerprint density at radius 1 is 0.897 bits per heavy atom. The Morgan fingerprint density at radius 2 is 1.55 bits per heavy atom. The minimum Gasteiger partial charge on any atom is -0.342 e. The molecule has 4 nitrogen and oxygen atoms in total. The van der Waals surface area contributed by atoms with E-state index in [0.717, 1.165) is 34.0 Å². The van der Waals surface area contributed by atoms with E-state index in [1.54, 1.807) is 6.07 Å². The minimum absolute atomic E-state index is 0.284. The molecule has 29 heavy (non-hydrogen) atoms. The first-order valence-electron chi connectivity index (χ1n) is 9.50. The van der Waals surface area contributed by atoms with Gasteiger partial charge in [-0.25, -0.2) is 4.98 Å². The van der Waals surface area contributed by atoms with Crippen LogP contribution >= 0.6 is 0 Å². The van der Waals surface area contributed by atoms with Gasteiger partial charge in [-0.05, 0) is 24.1 Å². The molecule has 1 aromatic heterocycles. The van der Waals surface area contributed by atoms with Crippen molar-refractivity contribution in [1.29, 1.82) is 0 Å². The molecule has 1 atom stereocenters. The van der Waals surface area contributed by atoms with Gasteiger partial charge in [-0.1, -0.05) is 78.9 Å². The van der Waals surface area contributed by atoms with E-state index in [4.69, 9.17) is 4.98 Å². The first kappa shape index (κ1) is 18.6.